The summed E-state index contributed by atoms with van der Waals surface area (Å²) in [6, 6.07) is 8.82. The number of carbonyl (C=O) groups excluding carboxylic acids is 1. The van der Waals surface area contributed by atoms with Gasteiger partial charge in [0.2, 0.25) is 5.91 Å². The van der Waals surface area contributed by atoms with Crippen LogP contribution in [0.4, 0.5) is 5.82 Å². The average molecular weight is 307 g/mol. The molecule has 0 aliphatic heterocycles. The van der Waals surface area contributed by atoms with Crippen LogP contribution in [-0.4, -0.2) is 10.9 Å². The number of anilines is 1. The first-order valence-electron chi connectivity index (χ1n) is 5.91. The number of pyridine rings is 1. The zero-order valence-corrected chi connectivity index (χ0v) is 12.2. The van der Waals surface area contributed by atoms with E-state index in [4.69, 9.17) is 23.2 Å². The first-order chi connectivity index (χ1) is 9.54. The Labute approximate surface area is 127 Å². The lowest BCUT2D eigenvalue weighted by Gasteiger charge is -2.02. The zero-order valence-electron chi connectivity index (χ0n) is 10.7. The summed E-state index contributed by atoms with van der Waals surface area (Å²) in [5.41, 5.74) is 1.83. The Morgan fingerprint density at radius 2 is 2.00 bits per heavy atom. The Balaban J connectivity index is 2.03. The predicted molar refractivity (Wildman–Crippen MR) is 83.1 cm³/mol. The largest absolute Gasteiger partial charge is 0.307 e. The lowest BCUT2D eigenvalue weighted by Crippen LogP contribution is -2.09. The van der Waals surface area contributed by atoms with Crippen molar-refractivity contribution in [3.05, 3.63) is 63.8 Å². The first kappa shape index (κ1) is 14.6. The third kappa shape index (κ3) is 4.08. The maximum atomic E-state index is 11.8. The fourth-order valence-corrected chi connectivity index (χ4v) is 1.87. The van der Waals surface area contributed by atoms with Crippen LogP contribution in [0.3, 0.4) is 0 Å². The molecular weight excluding hydrogens is 295 g/mol. The standard InChI is InChI=1S/C15H12Cl2N2O/c1-10-6-7-18-14(8-10)19-15(20)5-3-11-2-4-12(16)13(17)9-11/h2-9H,1H3,(H,18,19,20)/b5-3+. The molecule has 0 unspecified atom stereocenters. The SMILES string of the molecule is Cc1ccnc(NC(=O)/C=C/c2ccc(Cl)c(Cl)c2)c1. The van der Waals surface area contributed by atoms with Crippen LogP contribution < -0.4 is 5.32 Å². The van der Waals surface area contributed by atoms with Gasteiger partial charge in [-0.05, 0) is 48.4 Å². The molecule has 0 aliphatic carbocycles. The second-order valence-electron chi connectivity index (χ2n) is 4.21. The topological polar surface area (TPSA) is 42.0 Å². The third-order valence-corrected chi connectivity index (χ3v) is 3.28. The summed E-state index contributed by atoms with van der Waals surface area (Å²) in [5.74, 6) is 0.267. The molecule has 0 aliphatic rings. The van der Waals surface area contributed by atoms with E-state index in [0.29, 0.717) is 15.9 Å². The number of nitrogens with zero attached hydrogens (tertiary/aromatic N) is 1. The number of nitrogens with one attached hydrogen (secondary N) is 1. The van der Waals surface area contributed by atoms with Crippen LogP contribution in [0.1, 0.15) is 11.1 Å². The van der Waals surface area contributed by atoms with Crippen molar-refractivity contribution in [3.63, 3.8) is 0 Å². The van der Waals surface area contributed by atoms with Crippen LogP contribution in [0.2, 0.25) is 10.0 Å². The van der Waals surface area contributed by atoms with Crippen molar-refractivity contribution in [1.82, 2.24) is 4.98 Å². The first-order valence-corrected chi connectivity index (χ1v) is 6.67. The molecule has 1 aromatic carbocycles. The summed E-state index contributed by atoms with van der Waals surface area (Å²) in [4.78, 5) is 15.8. The zero-order chi connectivity index (χ0) is 14.5. The van der Waals surface area contributed by atoms with Gasteiger partial charge in [-0.2, -0.15) is 0 Å². The number of rotatable bonds is 3. The van der Waals surface area contributed by atoms with E-state index < -0.39 is 0 Å². The predicted octanol–water partition coefficient (Wildman–Crippen LogP) is 4.35. The minimum absolute atomic E-state index is 0.255. The van der Waals surface area contributed by atoms with Crippen LogP contribution in [-0.2, 0) is 4.79 Å². The molecule has 0 radical (unpaired) electrons. The van der Waals surface area contributed by atoms with Gasteiger partial charge in [0.25, 0.3) is 0 Å². The molecule has 20 heavy (non-hydrogen) atoms. The Kier molecular flexibility index (Phi) is 4.77. The van der Waals surface area contributed by atoms with Crippen molar-refractivity contribution in [2.45, 2.75) is 6.92 Å². The van der Waals surface area contributed by atoms with E-state index in [1.54, 1.807) is 36.5 Å². The maximum absolute atomic E-state index is 11.8. The van der Waals surface area contributed by atoms with Gasteiger partial charge in [-0.15, -0.1) is 0 Å². The number of amides is 1. The molecule has 2 rings (SSSR count). The number of aryl methyl sites for hydroxylation is 1. The third-order valence-electron chi connectivity index (χ3n) is 2.54. The highest BCUT2D eigenvalue weighted by atomic mass is 35.5. The summed E-state index contributed by atoms with van der Waals surface area (Å²) >= 11 is 11.7. The molecule has 2 aromatic rings. The second kappa shape index (κ2) is 6.55. The molecule has 102 valence electrons. The van der Waals surface area contributed by atoms with Crippen molar-refractivity contribution in [1.29, 1.82) is 0 Å². The highest BCUT2D eigenvalue weighted by Gasteiger charge is 2.00. The van der Waals surface area contributed by atoms with Crippen LogP contribution in [0.25, 0.3) is 6.08 Å². The van der Waals surface area contributed by atoms with E-state index in [9.17, 15) is 4.79 Å². The quantitative estimate of drug-likeness (QED) is 0.857. The van der Waals surface area contributed by atoms with Crippen LogP contribution in [0.5, 0.6) is 0 Å². The molecule has 0 saturated heterocycles. The van der Waals surface area contributed by atoms with Gasteiger partial charge in [-0.25, -0.2) is 4.98 Å². The summed E-state index contributed by atoms with van der Waals surface area (Å²) in [7, 11) is 0. The molecule has 1 heterocycles. The maximum Gasteiger partial charge on any atom is 0.249 e. The fourth-order valence-electron chi connectivity index (χ4n) is 1.56. The average Bonchev–Trinajstić information content (AvgIpc) is 2.40. The normalized spacial score (nSPS) is 10.8. The molecule has 0 atom stereocenters. The lowest BCUT2D eigenvalue weighted by molar-refractivity contribution is -0.111. The van der Waals surface area contributed by atoms with Gasteiger partial charge >= 0.3 is 0 Å². The van der Waals surface area contributed by atoms with Gasteiger partial charge in [-0.1, -0.05) is 29.3 Å². The van der Waals surface area contributed by atoms with Crippen molar-refractivity contribution < 1.29 is 4.79 Å². The minimum atomic E-state index is -0.255. The molecular formula is C15H12Cl2N2O. The molecule has 0 spiro atoms. The summed E-state index contributed by atoms with van der Waals surface area (Å²) < 4.78 is 0. The van der Waals surface area contributed by atoms with Crippen molar-refractivity contribution in [3.8, 4) is 0 Å². The van der Waals surface area contributed by atoms with Gasteiger partial charge in [0.15, 0.2) is 0 Å². The number of halogens is 2. The van der Waals surface area contributed by atoms with Gasteiger partial charge in [-0.3, -0.25) is 4.79 Å². The van der Waals surface area contributed by atoms with E-state index in [0.717, 1.165) is 11.1 Å². The monoisotopic (exact) mass is 306 g/mol. The molecule has 1 aromatic heterocycles. The van der Waals surface area contributed by atoms with E-state index >= 15 is 0 Å². The Bertz CT molecular complexity index is 669. The molecule has 0 fully saturated rings. The molecule has 3 nitrogen and oxygen atoms in total. The van der Waals surface area contributed by atoms with Gasteiger partial charge in [0.05, 0.1) is 10.0 Å². The van der Waals surface area contributed by atoms with Gasteiger partial charge in [0, 0.05) is 12.3 Å². The highest BCUT2D eigenvalue weighted by Crippen LogP contribution is 2.23. The molecule has 5 heteroatoms. The number of aromatic nitrogens is 1. The summed E-state index contributed by atoms with van der Waals surface area (Å²) in [6.45, 7) is 1.93. The Morgan fingerprint density at radius 3 is 2.70 bits per heavy atom. The highest BCUT2D eigenvalue weighted by molar-refractivity contribution is 6.42. The van der Waals surface area contributed by atoms with E-state index in [-0.39, 0.29) is 5.91 Å². The van der Waals surface area contributed by atoms with Crippen molar-refractivity contribution in [2.24, 2.45) is 0 Å². The molecule has 0 saturated carbocycles. The molecule has 1 amide bonds. The van der Waals surface area contributed by atoms with Gasteiger partial charge in [0.1, 0.15) is 5.82 Å². The van der Waals surface area contributed by atoms with Crippen LogP contribution in [0, 0.1) is 6.92 Å². The summed E-state index contributed by atoms with van der Waals surface area (Å²) in [6.07, 6.45) is 4.73. The smallest absolute Gasteiger partial charge is 0.249 e. The minimum Gasteiger partial charge on any atom is -0.307 e. The Morgan fingerprint density at radius 1 is 1.20 bits per heavy atom. The Hall–Kier alpha value is -1.84. The number of benzene rings is 1. The fraction of sp³-hybridized carbons (Fsp3) is 0.0667. The van der Waals surface area contributed by atoms with E-state index in [1.165, 1.54) is 6.08 Å². The lowest BCUT2D eigenvalue weighted by atomic mass is 10.2. The number of hydrogen-bond donors (Lipinski definition) is 1. The number of hydrogen-bond acceptors (Lipinski definition) is 2. The number of carbonyl (C=O) groups is 1. The van der Waals surface area contributed by atoms with E-state index in [2.05, 4.69) is 10.3 Å². The second-order valence-corrected chi connectivity index (χ2v) is 5.03. The van der Waals surface area contributed by atoms with Gasteiger partial charge < -0.3 is 5.32 Å². The molecule has 1 N–H and O–H groups in total. The molecule has 0 bridgehead atoms. The van der Waals surface area contributed by atoms with Crippen LogP contribution >= 0.6 is 23.2 Å². The van der Waals surface area contributed by atoms with Crippen molar-refractivity contribution in [2.75, 3.05) is 5.32 Å². The van der Waals surface area contributed by atoms with E-state index in [1.807, 2.05) is 13.0 Å². The van der Waals surface area contributed by atoms with Crippen LogP contribution in [0.15, 0.2) is 42.6 Å². The summed E-state index contributed by atoms with van der Waals surface area (Å²) in [5, 5.41) is 3.62. The van der Waals surface area contributed by atoms with Crippen molar-refractivity contribution >= 4 is 41.0 Å².